The molecule has 120 valence electrons. The molecule has 1 unspecified atom stereocenters. The zero-order chi connectivity index (χ0) is 15.2. The van der Waals surface area contributed by atoms with E-state index in [1.54, 1.807) is 6.20 Å². The van der Waals surface area contributed by atoms with Crippen LogP contribution in [0.4, 0.5) is 5.95 Å². The van der Waals surface area contributed by atoms with Crippen LogP contribution in [-0.2, 0) is 11.3 Å². The molecule has 1 heterocycles. The van der Waals surface area contributed by atoms with Gasteiger partial charge < -0.3 is 10.3 Å². The Kier molecular flexibility index (Phi) is 7.08. The van der Waals surface area contributed by atoms with Gasteiger partial charge in [-0.2, -0.15) is 0 Å². The van der Waals surface area contributed by atoms with Crippen molar-refractivity contribution in [1.82, 2.24) is 9.55 Å². The molecule has 0 aliphatic rings. The van der Waals surface area contributed by atoms with Gasteiger partial charge in [-0.15, -0.1) is 12.4 Å². The first kappa shape index (κ1) is 18.2. The first-order valence-electron chi connectivity index (χ1n) is 7.17. The summed E-state index contributed by atoms with van der Waals surface area (Å²) in [5.74, 6) is 0.943. The highest BCUT2D eigenvalue weighted by molar-refractivity contribution is 5.89. The van der Waals surface area contributed by atoms with Crippen molar-refractivity contribution in [2.75, 3.05) is 5.32 Å². The molecule has 2 rings (SSSR count). The van der Waals surface area contributed by atoms with Crippen LogP contribution in [-0.4, -0.2) is 15.5 Å². The Labute approximate surface area is 137 Å². The summed E-state index contributed by atoms with van der Waals surface area (Å²) in [6.45, 7) is 5.06. The minimum Gasteiger partial charge on any atom is -0.324 e. The molecule has 1 atom stereocenters. The van der Waals surface area contributed by atoms with E-state index in [1.807, 2.05) is 41.1 Å². The van der Waals surface area contributed by atoms with E-state index < -0.39 is 0 Å². The van der Waals surface area contributed by atoms with E-state index >= 15 is 0 Å². The molecular formula is C16H23ClN4O. The van der Waals surface area contributed by atoms with E-state index in [2.05, 4.69) is 24.1 Å². The molecule has 1 aromatic heterocycles. The summed E-state index contributed by atoms with van der Waals surface area (Å²) in [5.41, 5.74) is 7.01. The molecule has 0 radical (unpaired) electrons. The van der Waals surface area contributed by atoms with Crippen molar-refractivity contribution < 1.29 is 4.79 Å². The van der Waals surface area contributed by atoms with Gasteiger partial charge in [-0.05, 0) is 11.5 Å². The molecule has 0 aliphatic heterocycles. The topological polar surface area (TPSA) is 72.9 Å². The summed E-state index contributed by atoms with van der Waals surface area (Å²) < 4.78 is 1.94. The number of imidazole rings is 1. The summed E-state index contributed by atoms with van der Waals surface area (Å²) in [4.78, 5) is 16.3. The number of hydrogen-bond donors (Lipinski definition) is 2. The molecular weight excluding hydrogens is 300 g/mol. The Morgan fingerprint density at radius 3 is 2.64 bits per heavy atom. The molecule has 0 saturated carbocycles. The summed E-state index contributed by atoms with van der Waals surface area (Å²) in [5, 5.41) is 2.83. The summed E-state index contributed by atoms with van der Waals surface area (Å²) in [7, 11) is 0. The maximum Gasteiger partial charge on any atom is 0.228 e. The largest absolute Gasteiger partial charge is 0.324 e. The lowest BCUT2D eigenvalue weighted by atomic mass is 10.0. The fourth-order valence-corrected chi connectivity index (χ4v) is 2.17. The number of amides is 1. The maximum atomic E-state index is 12.1. The summed E-state index contributed by atoms with van der Waals surface area (Å²) >= 11 is 0. The van der Waals surface area contributed by atoms with Crippen molar-refractivity contribution >= 4 is 24.3 Å². The number of benzene rings is 1. The summed E-state index contributed by atoms with van der Waals surface area (Å²) in [6.07, 6.45) is 3.79. The third-order valence-corrected chi connectivity index (χ3v) is 3.16. The third kappa shape index (κ3) is 5.16. The number of anilines is 1. The number of nitrogens with two attached hydrogens (primary N) is 1. The molecule has 5 nitrogen and oxygen atoms in total. The number of carbonyl (C=O) groups is 1. The van der Waals surface area contributed by atoms with Crippen LogP contribution in [0.5, 0.6) is 0 Å². The molecule has 0 saturated heterocycles. The van der Waals surface area contributed by atoms with Gasteiger partial charge in [0.15, 0.2) is 0 Å². The Morgan fingerprint density at radius 2 is 2.00 bits per heavy atom. The van der Waals surface area contributed by atoms with Gasteiger partial charge in [0, 0.05) is 31.4 Å². The van der Waals surface area contributed by atoms with Crippen molar-refractivity contribution in [3.63, 3.8) is 0 Å². The molecule has 0 aliphatic carbocycles. The molecule has 6 heteroatoms. The van der Waals surface area contributed by atoms with Crippen molar-refractivity contribution in [2.45, 2.75) is 32.9 Å². The van der Waals surface area contributed by atoms with Gasteiger partial charge in [-0.1, -0.05) is 44.2 Å². The molecule has 0 spiro atoms. The molecule has 1 amide bonds. The van der Waals surface area contributed by atoms with Gasteiger partial charge in [0.05, 0.1) is 0 Å². The van der Waals surface area contributed by atoms with Crippen LogP contribution in [0.1, 0.15) is 31.9 Å². The van der Waals surface area contributed by atoms with Gasteiger partial charge in [0.1, 0.15) is 0 Å². The van der Waals surface area contributed by atoms with Crippen LogP contribution >= 0.6 is 12.4 Å². The number of nitrogens with one attached hydrogen (secondary N) is 1. The average Bonchev–Trinajstić information content (AvgIpc) is 2.86. The second-order valence-corrected chi connectivity index (χ2v) is 5.57. The zero-order valence-electron chi connectivity index (χ0n) is 12.9. The molecule has 3 N–H and O–H groups in total. The van der Waals surface area contributed by atoms with Crippen molar-refractivity contribution in [3.8, 4) is 0 Å². The number of nitrogens with zero attached hydrogens (tertiary/aromatic N) is 2. The Bertz CT molecular complexity index is 583. The fraction of sp³-hybridized carbons (Fsp3) is 0.375. The molecule has 0 fully saturated rings. The first-order valence-corrected chi connectivity index (χ1v) is 7.17. The lowest BCUT2D eigenvalue weighted by molar-refractivity contribution is -0.116. The van der Waals surface area contributed by atoms with Crippen LogP contribution in [0.3, 0.4) is 0 Å². The van der Waals surface area contributed by atoms with Crippen molar-refractivity contribution in [3.05, 3.63) is 48.3 Å². The predicted octanol–water partition coefficient (Wildman–Crippen LogP) is 2.99. The van der Waals surface area contributed by atoms with Crippen LogP contribution in [0.2, 0.25) is 0 Å². The smallest absolute Gasteiger partial charge is 0.228 e. The van der Waals surface area contributed by atoms with E-state index in [0.717, 1.165) is 12.1 Å². The van der Waals surface area contributed by atoms with Crippen LogP contribution < -0.4 is 11.1 Å². The highest BCUT2D eigenvalue weighted by Crippen LogP contribution is 2.15. The lowest BCUT2D eigenvalue weighted by Crippen LogP contribution is -2.22. The van der Waals surface area contributed by atoms with Crippen LogP contribution in [0, 0.1) is 5.92 Å². The van der Waals surface area contributed by atoms with Gasteiger partial charge in [-0.25, -0.2) is 4.98 Å². The van der Waals surface area contributed by atoms with Crippen LogP contribution in [0.25, 0.3) is 0 Å². The monoisotopic (exact) mass is 322 g/mol. The van der Waals surface area contributed by atoms with E-state index in [4.69, 9.17) is 5.73 Å². The number of hydrogen-bond acceptors (Lipinski definition) is 3. The number of rotatable bonds is 6. The van der Waals surface area contributed by atoms with E-state index in [-0.39, 0.29) is 30.8 Å². The maximum absolute atomic E-state index is 12.1. The lowest BCUT2D eigenvalue weighted by Gasteiger charge is -2.13. The molecule has 1 aromatic carbocycles. The average molecular weight is 323 g/mol. The van der Waals surface area contributed by atoms with Gasteiger partial charge in [0.2, 0.25) is 11.9 Å². The standard InChI is InChI=1S/C16H22N4O.ClH/c1-12(2)11-20-9-8-18-16(20)19-15(21)10-14(17)13-6-4-3-5-7-13;/h3-9,12,14H,10-11,17H2,1-2H3,(H,18,19,21);1H. The second-order valence-electron chi connectivity index (χ2n) is 5.57. The summed E-state index contributed by atoms with van der Waals surface area (Å²) in [6, 6.07) is 9.32. The molecule has 2 aromatic rings. The van der Waals surface area contributed by atoms with E-state index in [1.165, 1.54) is 0 Å². The first-order chi connectivity index (χ1) is 10.1. The Morgan fingerprint density at radius 1 is 1.32 bits per heavy atom. The minimum atomic E-state index is -0.306. The number of aromatic nitrogens is 2. The number of carbonyl (C=O) groups excluding carboxylic acids is 1. The zero-order valence-corrected chi connectivity index (χ0v) is 13.7. The van der Waals surface area contributed by atoms with Gasteiger partial charge in [-0.3, -0.25) is 10.1 Å². The highest BCUT2D eigenvalue weighted by Gasteiger charge is 2.14. The highest BCUT2D eigenvalue weighted by atomic mass is 35.5. The van der Waals surface area contributed by atoms with Crippen molar-refractivity contribution in [2.24, 2.45) is 11.7 Å². The number of halogens is 1. The van der Waals surface area contributed by atoms with Gasteiger partial charge >= 0.3 is 0 Å². The quantitative estimate of drug-likeness (QED) is 0.858. The Hall–Kier alpha value is -1.85. The normalized spacial score (nSPS) is 11.8. The molecule has 22 heavy (non-hydrogen) atoms. The van der Waals surface area contributed by atoms with E-state index in [0.29, 0.717) is 11.9 Å². The van der Waals surface area contributed by atoms with Crippen LogP contribution in [0.15, 0.2) is 42.7 Å². The Balaban J connectivity index is 0.00000242. The predicted molar refractivity (Wildman–Crippen MR) is 90.9 cm³/mol. The minimum absolute atomic E-state index is 0. The van der Waals surface area contributed by atoms with E-state index in [9.17, 15) is 4.79 Å². The second kappa shape index (κ2) is 8.56. The van der Waals surface area contributed by atoms with Crippen molar-refractivity contribution in [1.29, 1.82) is 0 Å². The van der Waals surface area contributed by atoms with Gasteiger partial charge in [0.25, 0.3) is 0 Å². The molecule has 0 bridgehead atoms. The third-order valence-electron chi connectivity index (χ3n) is 3.16. The fourth-order valence-electron chi connectivity index (χ4n) is 2.17. The SMILES string of the molecule is CC(C)Cn1ccnc1NC(=O)CC(N)c1ccccc1.Cl.